The fourth-order valence-corrected chi connectivity index (χ4v) is 1.68. The molecule has 0 aliphatic rings. The number of hydrogen-bond acceptors (Lipinski definition) is 2. The van der Waals surface area contributed by atoms with Gasteiger partial charge in [-0.2, -0.15) is 0 Å². The molecule has 84 valence electrons. The van der Waals surface area contributed by atoms with Crippen LogP contribution < -0.4 is 0 Å². The van der Waals surface area contributed by atoms with E-state index in [4.69, 9.17) is 5.11 Å². The number of rotatable bonds is 5. The minimum absolute atomic E-state index is 0.283. The molecule has 0 spiro atoms. The maximum absolute atomic E-state index is 11.1. The molecular weight excluding hydrogens is 178 g/mol. The van der Waals surface area contributed by atoms with Crippen LogP contribution in [0.25, 0.3) is 0 Å². The summed E-state index contributed by atoms with van der Waals surface area (Å²) in [6, 6.07) is 0.283. The van der Waals surface area contributed by atoms with Crippen molar-refractivity contribution in [3.63, 3.8) is 0 Å². The van der Waals surface area contributed by atoms with E-state index < -0.39 is 11.5 Å². The van der Waals surface area contributed by atoms with E-state index in [2.05, 4.69) is 20.8 Å². The Morgan fingerprint density at radius 3 is 2.00 bits per heavy atom. The lowest BCUT2D eigenvalue weighted by molar-refractivity contribution is -0.151. The van der Waals surface area contributed by atoms with Gasteiger partial charge in [0.15, 0.2) is 0 Å². The van der Waals surface area contributed by atoms with E-state index in [-0.39, 0.29) is 6.04 Å². The van der Waals surface area contributed by atoms with Gasteiger partial charge in [-0.25, -0.2) is 0 Å². The summed E-state index contributed by atoms with van der Waals surface area (Å²) in [5.74, 6) is -0.291. The van der Waals surface area contributed by atoms with Crippen molar-refractivity contribution in [2.45, 2.75) is 53.1 Å². The molecule has 0 aliphatic carbocycles. The van der Waals surface area contributed by atoms with Gasteiger partial charge >= 0.3 is 5.97 Å². The molecule has 1 atom stereocenters. The smallest absolute Gasteiger partial charge is 0.323 e. The molecule has 0 amide bonds. The van der Waals surface area contributed by atoms with E-state index in [0.29, 0.717) is 5.92 Å². The Morgan fingerprint density at radius 1 is 1.36 bits per heavy atom. The standard InChI is InChI=1S/C11H23NO2/c1-7-12(9(4)8(2)3)11(5,6)10(13)14/h8-9H,7H2,1-6H3,(H,13,14). The molecule has 0 aliphatic heterocycles. The zero-order valence-corrected chi connectivity index (χ0v) is 10.2. The average Bonchev–Trinajstić information content (AvgIpc) is 2.04. The summed E-state index contributed by atoms with van der Waals surface area (Å²) in [5.41, 5.74) is -0.779. The van der Waals surface area contributed by atoms with Crippen LogP contribution in [0.2, 0.25) is 0 Å². The molecule has 0 radical (unpaired) electrons. The van der Waals surface area contributed by atoms with Crippen LogP contribution in [0.15, 0.2) is 0 Å². The van der Waals surface area contributed by atoms with Crippen molar-refractivity contribution < 1.29 is 9.90 Å². The highest BCUT2D eigenvalue weighted by Gasteiger charge is 2.36. The molecule has 3 nitrogen and oxygen atoms in total. The van der Waals surface area contributed by atoms with Crippen LogP contribution in [0.1, 0.15) is 41.5 Å². The van der Waals surface area contributed by atoms with Crippen LogP contribution in [0.3, 0.4) is 0 Å². The van der Waals surface area contributed by atoms with Gasteiger partial charge in [0, 0.05) is 6.04 Å². The minimum Gasteiger partial charge on any atom is -0.480 e. The normalized spacial score (nSPS) is 14.9. The van der Waals surface area contributed by atoms with Crippen molar-refractivity contribution in [1.29, 1.82) is 0 Å². The van der Waals surface area contributed by atoms with Crippen molar-refractivity contribution in [2.75, 3.05) is 6.54 Å². The summed E-state index contributed by atoms with van der Waals surface area (Å²) in [7, 11) is 0. The van der Waals surface area contributed by atoms with Gasteiger partial charge in [0.1, 0.15) is 5.54 Å². The Labute approximate surface area is 87.1 Å². The van der Waals surface area contributed by atoms with Gasteiger partial charge in [-0.15, -0.1) is 0 Å². The molecule has 0 aromatic carbocycles. The zero-order valence-electron chi connectivity index (χ0n) is 10.2. The van der Waals surface area contributed by atoms with Crippen LogP contribution in [0, 0.1) is 5.92 Å². The van der Waals surface area contributed by atoms with Crippen LogP contribution >= 0.6 is 0 Å². The minimum atomic E-state index is -0.779. The van der Waals surface area contributed by atoms with Gasteiger partial charge in [0.25, 0.3) is 0 Å². The molecule has 0 saturated heterocycles. The van der Waals surface area contributed by atoms with Gasteiger partial charge in [-0.05, 0) is 33.2 Å². The summed E-state index contributed by atoms with van der Waals surface area (Å²) in [4.78, 5) is 13.1. The SMILES string of the molecule is CCN(C(C)C(C)C)C(C)(C)C(=O)O. The highest BCUT2D eigenvalue weighted by Crippen LogP contribution is 2.21. The fraction of sp³-hybridized carbons (Fsp3) is 0.909. The van der Waals surface area contributed by atoms with Gasteiger partial charge in [-0.1, -0.05) is 20.8 Å². The molecule has 14 heavy (non-hydrogen) atoms. The van der Waals surface area contributed by atoms with Gasteiger partial charge < -0.3 is 5.11 Å². The Morgan fingerprint density at radius 2 is 1.79 bits per heavy atom. The summed E-state index contributed by atoms with van der Waals surface area (Å²) >= 11 is 0. The summed E-state index contributed by atoms with van der Waals surface area (Å²) < 4.78 is 0. The van der Waals surface area contributed by atoms with Crippen molar-refractivity contribution >= 4 is 5.97 Å². The maximum Gasteiger partial charge on any atom is 0.323 e. The van der Waals surface area contributed by atoms with Crippen LogP contribution in [0.4, 0.5) is 0 Å². The van der Waals surface area contributed by atoms with Crippen molar-refractivity contribution in [3.05, 3.63) is 0 Å². The molecule has 3 heteroatoms. The second kappa shape index (κ2) is 4.78. The van der Waals surface area contributed by atoms with Crippen molar-refractivity contribution in [1.82, 2.24) is 4.90 Å². The summed E-state index contributed by atoms with van der Waals surface area (Å²) in [6.07, 6.45) is 0. The van der Waals surface area contributed by atoms with E-state index in [1.165, 1.54) is 0 Å². The molecule has 0 saturated carbocycles. The van der Waals surface area contributed by atoms with E-state index in [9.17, 15) is 4.79 Å². The predicted octanol–water partition coefficient (Wildman–Crippen LogP) is 2.22. The molecule has 0 bridgehead atoms. The third kappa shape index (κ3) is 2.71. The average molecular weight is 201 g/mol. The topological polar surface area (TPSA) is 40.5 Å². The van der Waals surface area contributed by atoms with E-state index in [1.807, 2.05) is 11.8 Å². The van der Waals surface area contributed by atoms with E-state index in [0.717, 1.165) is 6.54 Å². The molecule has 0 aromatic rings. The second-order valence-electron chi connectivity index (χ2n) is 4.63. The van der Waals surface area contributed by atoms with E-state index in [1.54, 1.807) is 13.8 Å². The third-order valence-corrected chi connectivity index (χ3v) is 3.04. The third-order valence-electron chi connectivity index (χ3n) is 3.04. The lowest BCUT2D eigenvalue weighted by Gasteiger charge is -2.40. The lowest BCUT2D eigenvalue weighted by Crippen LogP contribution is -2.55. The fourth-order valence-electron chi connectivity index (χ4n) is 1.68. The maximum atomic E-state index is 11.1. The van der Waals surface area contributed by atoms with Gasteiger partial charge in [-0.3, -0.25) is 9.69 Å². The van der Waals surface area contributed by atoms with Gasteiger partial charge in [0.2, 0.25) is 0 Å². The highest BCUT2D eigenvalue weighted by molar-refractivity contribution is 5.77. The molecule has 0 rings (SSSR count). The molecule has 1 N–H and O–H groups in total. The second-order valence-corrected chi connectivity index (χ2v) is 4.63. The quantitative estimate of drug-likeness (QED) is 0.741. The monoisotopic (exact) mass is 201 g/mol. The zero-order chi connectivity index (χ0) is 11.5. The van der Waals surface area contributed by atoms with Crippen LogP contribution in [-0.4, -0.2) is 34.1 Å². The van der Waals surface area contributed by atoms with Crippen LogP contribution in [0.5, 0.6) is 0 Å². The summed E-state index contributed by atoms with van der Waals surface area (Å²) in [6.45, 7) is 12.6. The Bertz CT molecular complexity index is 199. The van der Waals surface area contributed by atoms with Crippen molar-refractivity contribution in [2.24, 2.45) is 5.92 Å². The number of carbonyl (C=O) groups is 1. The van der Waals surface area contributed by atoms with Gasteiger partial charge in [0.05, 0.1) is 0 Å². The molecular formula is C11H23NO2. The molecule has 0 heterocycles. The first-order valence-electron chi connectivity index (χ1n) is 5.25. The first-order chi connectivity index (χ1) is 6.25. The number of aliphatic carboxylic acids is 1. The molecule has 0 aromatic heterocycles. The Hall–Kier alpha value is -0.570. The van der Waals surface area contributed by atoms with Crippen molar-refractivity contribution in [3.8, 4) is 0 Å². The Kier molecular flexibility index (Phi) is 4.59. The largest absolute Gasteiger partial charge is 0.480 e. The van der Waals surface area contributed by atoms with Crippen LogP contribution in [-0.2, 0) is 4.79 Å². The number of nitrogens with zero attached hydrogens (tertiary/aromatic N) is 1. The first kappa shape index (κ1) is 13.4. The van der Waals surface area contributed by atoms with E-state index >= 15 is 0 Å². The number of carboxylic acid groups (broad SMARTS) is 1. The molecule has 0 fully saturated rings. The predicted molar refractivity (Wildman–Crippen MR) is 58.4 cm³/mol. The highest BCUT2D eigenvalue weighted by atomic mass is 16.4. The summed E-state index contributed by atoms with van der Waals surface area (Å²) in [5, 5.41) is 9.13. The Balaban J connectivity index is 4.79. The first-order valence-corrected chi connectivity index (χ1v) is 5.25. The lowest BCUT2D eigenvalue weighted by atomic mass is 9.95. The molecule has 1 unspecified atom stereocenters. The number of likely N-dealkylation sites (N-methyl/N-ethyl adjacent to an activating group) is 1. The number of hydrogen-bond donors (Lipinski definition) is 1. The number of carboxylic acids is 1.